The number of halogens is 3. The van der Waals surface area contributed by atoms with Gasteiger partial charge in [-0.15, -0.1) is 0 Å². The van der Waals surface area contributed by atoms with Crippen LogP contribution < -0.4 is 10.1 Å². The molecule has 2 aromatic carbocycles. The second kappa shape index (κ2) is 7.07. The summed E-state index contributed by atoms with van der Waals surface area (Å²) in [5, 5.41) is 4.84. The summed E-state index contributed by atoms with van der Waals surface area (Å²) >= 11 is 18.1. The van der Waals surface area contributed by atoms with Gasteiger partial charge in [-0.3, -0.25) is 0 Å². The predicted molar refractivity (Wildman–Crippen MR) is 86.5 cm³/mol. The van der Waals surface area contributed by atoms with Gasteiger partial charge in [0.2, 0.25) is 0 Å². The number of hydrogen-bond acceptors (Lipinski definition) is 2. The van der Waals surface area contributed by atoms with Crippen molar-refractivity contribution in [2.24, 2.45) is 0 Å². The van der Waals surface area contributed by atoms with Crippen molar-refractivity contribution in [2.75, 3.05) is 11.9 Å². The van der Waals surface area contributed by atoms with E-state index in [0.717, 1.165) is 5.69 Å². The highest BCUT2D eigenvalue weighted by molar-refractivity contribution is 6.43. The molecule has 0 heterocycles. The Kier molecular flexibility index (Phi) is 5.41. The third-order valence-electron chi connectivity index (χ3n) is 2.70. The molecule has 1 atom stereocenters. The zero-order valence-corrected chi connectivity index (χ0v) is 13.1. The summed E-state index contributed by atoms with van der Waals surface area (Å²) < 4.78 is 5.77. The molecule has 2 aromatic rings. The topological polar surface area (TPSA) is 21.3 Å². The normalized spacial score (nSPS) is 12.0. The van der Waals surface area contributed by atoms with Crippen LogP contribution >= 0.6 is 34.8 Å². The number of benzene rings is 2. The summed E-state index contributed by atoms with van der Waals surface area (Å²) in [6.07, 6.45) is -0.0649. The van der Waals surface area contributed by atoms with Crippen molar-refractivity contribution in [2.45, 2.75) is 13.0 Å². The summed E-state index contributed by atoms with van der Waals surface area (Å²) in [6.45, 7) is 2.54. The number of hydrogen-bond donors (Lipinski definition) is 1. The molecule has 2 nitrogen and oxygen atoms in total. The van der Waals surface area contributed by atoms with Gasteiger partial charge in [0.25, 0.3) is 0 Å². The number of nitrogens with one attached hydrogen (secondary N) is 1. The van der Waals surface area contributed by atoms with Crippen LogP contribution in [0, 0.1) is 0 Å². The first-order chi connectivity index (χ1) is 9.58. The third-order valence-corrected chi connectivity index (χ3v) is 3.83. The molecule has 0 radical (unpaired) electrons. The lowest BCUT2D eigenvalue weighted by atomic mass is 10.3. The van der Waals surface area contributed by atoms with Crippen molar-refractivity contribution in [3.8, 4) is 5.75 Å². The molecule has 0 fully saturated rings. The lowest BCUT2D eigenvalue weighted by Crippen LogP contribution is -2.22. The zero-order valence-electron chi connectivity index (χ0n) is 10.9. The molecular weight excluding hydrogens is 317 g/mol. The van der Waals surface area contributed by atoms with E-state index in [2.05, 4.69) is 5.32 Å². The monoisotopic (exact) mass is 329 g/mol. The highest BCUT2D eigenvalue weighted by Gasteiger charge is 2.09. The SMILES string of the molecule is CC(CNc1cccc(Cl)c1Cl)Oc1ccccc1Cl. The molecule has 20 heavy (non-hydrogen) atoms. The molecule has 0 aromatic heterocycles. The summed E-state index contributed by atoms with van der Waals surface area (Å²) in [7, 11) is 0. The van der Waals surface area contributed by atoms with E-state index in [9.17, 15) is 0 Å². The van der Waals surface area contributed by atoms with Crippen molar-refractivity contribution in [1.82, 2.24) is 0 Å². The molecule has 5 heteroatoms. The molecule has 106 valence electrons. The van der Waals surface area contributed by atoms with E-state index < -0.39 is 0 Å². The van der Waals surface area contributed by atoms with Gasteiger partial charge in [-0.25, -0.2) is 0 Å². The third kappa shape index (κ3) is 3.95. The first-order valence-corrected chi connectivity index (χ1v) is 7.30. The molecule has 0 aliphatic carbocycles. The van der Waals surface area contributed by atoms with Gasteiger partial charge in [-0.1, -0.05) is 53.0 Å². The van der Waals surface area contributed by atoms with Crippen molar-refractivity contribution in [1.29, 1.82) is 0 Å². The van der Waals surface area contributed by atoms with Gasteiger partial charge >= 0.3 is 0 Å². The average Bonchev–Trinajstić information content (AvgIpc) is 2.43. The predicted octanol–water partition coefficient (Wildman–Crippen LogP) is 5.53. The Morgan fingerprint density at radius 3 is 2.45 bits per heavy atom. The lowest BCUT2D eigenvalue weighted by Gasteiger charge is -2.17. The van der Waals surface area contributed by atoms with Gasteiger partial charge < -0.3 is 10.1 Å². The molecular formula is C15H14Cl3NO. The number of para-hydroxylation sites is 1. The average molecular weight is 331 g/mol. The van der Waals surface area contributed by atoms with Gasteiger partial charge in [0, 0.05) is 0 Å². The fourth-order valence-electron chi connectivity index (χ4n) is 1.69. The maximum absolute atomic E-state index is 6.11. The molecule has 0 bridgehead atoms. The first-order valence-electron chi connectivity index (χ1n) is 6.17. The Morgan fingerprint density at radius 1 is 1.00 bits per heavy atom. The van der Waals surface area contributed by atoms with Gasteiger partial charge in [0.05, 0.1) is 27.3 Å². The van der Waals surface area contributed by atoms with E-state index in [1.54, 1.807) is 12.1 Å². The van der Waals surface area contributed by atoms with Crippen LogP contribution in [0.25, 0.3) is 0 Å². The van der Waals surface area contributed by atoms with Crippen LogP contribution in [-0.2, 0) is 0 Å². The van der Waals surface area contributed by atoms with E-state index in [1.807, 2.05) is 37.3 Å². The molecule has 0 saturated heterocycles. The Hall–Kier alpha value is -1.09. The molecule has 1 unspecified atom stereocenters. The lowest BCUT2D eigenvalue weighted by molar-refractivity contribution is 0.235. The Bertz CT molecular complexity index is 589. The van der Waals surface area contributed by atoms with Gasteiger partial charge in [0.15, 0.2) is 0 Å². The van der Waals surface area contributed by atoms with E-state index in [0.29, 0.717) is 27.4 Å². The van der Waals surface area contributed by atoms with Crippen molar-refractivity contribution in [3.63, 3.8) is 0 Å². The van der Waals surface area contributed by atoms with Crippen molar-refractivity contribution < 1.29 is 4.74 Å². The molecule has 2 rings (SSSR count). The van der Waals surface area contributed by atoms with E-state index >= 15 is 0 Å². The van der Waals surface area contributed by atoms with Crippen LogP contribution in [0.15, 0.2) is 42.5 Å². The van der Waals surface area contributed by atoms with Crippen LogP contribution in [-0.4, -0.2) is 12.6 Å². The quantitative estimate of drug-likeness (QED) is 0.778. The van der Waals surface area contributed by atoms with Crippen molar-refractivity contribution >= 4 is 40.5 Å². The highest BCUT2D eigenvalue weighted by atomic mass is 35.5. The van der Waals surface area contributed by atoms with Gasteiger partial charge in [0.1, 0.15) is 11.9 Å². The second-order valence-corrected chi connectivity index (χ2v) is 5.53. The number of rotatable bonds is 5. The minimum Gasteiger partial charge on any atom is -0.487 e. The van der Waals surface area contributed by atoms with E-state index in [4.69, 9.17) is 39.5 Å². The minimum atomic E-state index is -0.0649. The highest BCUT2D eigenvalue weighted by Crippen LogP contribution is 2.29. The molecule has 0 spiro atoms. The van der Waals surface area contributed by atoms with Crippen LogP contribution in [0.3, 0.4) is 0 Å². The Balaban J connectivity index is 1.94. The van der Waals surface area contributed by atoms with E-state index in [1.165, 1.54) is 0 Å². The molecule has 0 amide bonds. The summed E-state index contributed by atoms with van der Waals surface area (Å²) in [5.74, 6) is 0.667. The van der Waals surface area contributed by atoms with E-state index in [-0.39, 0.29) is 6.10 Å². The number of ether oxygens (including phenoxy) is 1. The maximum atomic E-state index is 6.11. The molecule has 0 aliphatic heterocycles. The minimum absolute atomic E-state index is 0.0649. The largest absolute Gasteiger partial charge is 0.487 e. The zero-order chi connectivity index (χ0) is 14.5. The van der Waals surface area contributed by atoms with Crippen LogP contribution in [0.2, 0.25) is 15.1 Å². The van der Waals surface area contributed by atoms with Gasteiger partial charge in [-0.05, 0) is 31.2 Å². The fourth-order valence-corrected chi connectivity index (χ4v) is 2.24. The van der Waals surface area contributed by atoms with Gasteiger partial charge in [-0.2, -0.15) is 0 Å². The van der Waals surface area contributed by atoms with Crippen molar-refractivity contribution in [3.05, 3.63) is 57.5 Å². The second-order valence-electron chi connectivity index (χ2n) is 4.34. The summed E-state index contributed by atoms with van der Waals surface area (Å²) in [4.78, 5) is 0. The molecule has 0 saturated carbocycles. The fraction of sp³-hybridized carbons (Fsp3) is 0.200. The van der Waals surface area contributed by atoms with Crippen LogP contribution in [0.1, 0.15) is 6.92 Å². The Labute approximate surface area is 133 Å². The standard InChI is InChI=1S/C15H14Cl3NO/c1-10(20-14-8-3-2-5-11(14)16)9-19-13-7-4-6-12(17)15(13)18/h2-8,10,19H,9H2,1H3. The summed E-state index contributed by atoms with van der Waals surface area (Å²) in [6, 6.07) is 12.8. The number of anilines is 1. The first kappa shape index (κ1) is 15.3. The Morgan fingerprint density at radius 2 is 1.70 bits per heavy atom. The maximum Gasteiger partial charge on any atom is 0.138 e. The summed E-state index contributed by atoms with van der Waals surface area (Å²) in [5.41, 5.74) is 0.786. The van der Waals surface area contributed by atoms with Crippen LogP contribution in [0.4, 0.5) is 5.69 Å². The molecule has 1 N–H and O–H groups in total. The molecule has 0 aliphatic rings. The smallest absolute Gasteiger partial charge is 0.138 e. The van der Waals surface area contributed by atoms with Crippen LogP contribution in [0.5, 0.6) is 5.75 Å².